The molecule has 0 amide bonds. The predicted octanol–water partition coefficient (Wildman–Crippen LogP) is 6.60. The Hall–Kier alpha value is -2.49. The van der Waals surface area contributed by atoms with Gasteiger partial charge in [-0.2, -0.15) is 0 Å². The lowest BCUT2D eigenvalue weighted by Crippen LogP contribution is -2.18. The molecule has 0 radical (unpaired) electrons. The fraction of sp³-hybridized carbons (Fsp3) is 0.536. The fourth-order valence-corrected chi connectivity index (χ4v) is 4.02. The van der Waals surface area contributed by atoms with E-state index in [0.29, 0.717) is 18.6 Å². The summed E-state index contributed by atoms with van der Waals surface area (Å²) in [6.45, 7) is 18.6. The molecule has 0 bridgehead atoms. The second-order valence-electron chi connectivity index (χ2n) is 12.0. The summed E-state index contributed by atoms with van der Waals surface area (Å²) >= 11 is 0. The van der Waals surface area contributed by atoms with Gasteiger partial charge in [0.05, 0.1) is 0 Å². The molecule has 3 N–H and O–H groups in total. The van der Waals surface area contributed by atoms with Crippen LogP contribution in [0.3, 0.4) is 0 Å². The van der Waals surface area contributed by atoms with Crippen LogP contribution in [0.4, 0.5) is 0 Å². The average molecular weight is 441 g/mol. The fourth-order valence-electron chi connectivity index (χ4n) is 4.02. The van der Waals surface area contributed by atoms with Gasteiger partial charge in [-0.25, -0.2) is 0 Å². The molecule has 0 heterocycles. The van der Waals surface area contributed by atoms with E-state index in [1.54, 1.807) is 0 Å². The molecule has 0 aromatic heterocycles. The van der Waals surface area contributed by atoms with Crippen LogP contribution in [0.2, 0.25) is 0 Å². The molecular formula is C28H40O4. The van der Waals surface area contributed by atoms with Gasteiger partial charge in [0, 0.05) is 12.8 Å². The molecule has 4 heteroatoms. The molecule has 0 fully saturated rings. The number of aromatic hydroxyl groups is 2. The number of aliphatic carboxylic acids is 1. The van der Waals surface area contributed by atoms with Crippen molar-refractivity contribution in [3.05, 3.63) is 57.6 Å². The summed E-state index contributed by atoms with van der Waals surface area (Å²) in [7, 11) is 0. The van der Waals surface area contributed by atoms with Crippen LogP contribution < -0.4 is 0 Å². The number of rotatable bonds is 5. The second kappa shape index (κ2) is 8.80. The first-order chi connectivity index (χ1) is 14.4. The highest BCUT2D eigenvalue weighted by atomic mass is 16.4. The van der Waals surface area contributed by atoms with E-state index in [-0.39, 0.29) is 28.4 Å². The SMILES string of the molecule is CC(C)(C)c1cc(CCC(=O)O)cc(Cc2cc(C(C)(C)C)c(O)c(C(C)(C)C)c2)c1O. The summed E-state index contributed by atoms with van der Waals surface area (Å²) in [4.78, 5) is 11.1. The molecule has 2 aromatic rings. The zero-order chi connectivity index (χ0) is 24.6. The van der Waals surface area contributed by atoms with Crippen molar-refractivity contribution in [2.45, 2.75) is 97.8 Å². The Labute approximate surface area is 193 Å². The normalized spacial score (nSPS) is 12.8. The van der Waals surface area contributed by atoms with Crippen LogP contribution in [0.25, 0.3) is 0 Å². The second-order valence-corrected chi connectivity index (χ2v) is 12.0. The van der Waals surface area contributed by atoms with Crippen molar-refractivity contribution in [2.24, 2.45) is 0 Å². The minimum absolute atomic E-state index is 0.0509. The maximum Gasteiger partial charge on any atom is 0.303 e. The number of phenolic OH excluding ortho intramolecular Hbond substituents is 2. The van der Waals surface area contributed by atoms with Crippen LogP contribution in [0.1, 0.15) is 102 Å². The molecule has 2 aromatic carbocycles. The van der Waals surface area contributed by atoms with Gasteiger partial charge in [-0.15, -0.1) is 0 Å². The monoisotopic (exact) mass is 440 g/mol. The minimum atomic E-state index is -0.833. The number of hydrogen-bond acceptors (Lipinski definition) is 3. The van der Waals surface area contributed by atoms with Gasteiger partial charge in [-0.05, 0) is 56.0 Å². The Balaban J connectivity index is 2.67. The molecule has 2 rings (SSSR count). The van der Waals surface area contributed by atoms with E-state index in [0.717, 1.165) is 33.4 Å². The van der Waals surface area contributed by atoms with Crippen molar-refractivity contribution in [2.75, 3.05) is 0 Å². The highest BCUT2D eigenvalue weighted by Gasteiger charge is 2.27. The van der Waals surface area contributed by atoms with Gasteiger partial charge in [0.25, 0.3) is 0 Å². The van der Waals surface area contributed by atoms with E-state index in [2.05, 4.69) is 41.5 Å². The Kier molecular flexibility index (Phi) is 7.09. The van der Waals surface area contributed by atoms with Crippen molar-refractivity contribution >= 4 is 5.97 Å². The predicted molar refractivity (Wildman–Crippen MR) is 131 cm³/mol. The lowest BCUT2D eigenvalue weighted by Gasteiger charge is -2.28. The molecule has 0 aliphatic carbocycles. The number of carboxylic acids is 1. The number of benzene rings is 2. The molecular weight excluding hydrogens is 400 g/mol. The van der Waals surface area contributed by atoms with E-state index < -0.39 is 5.97 Å². The highest BCUT2D eigenvalue weighted by Crippen LogP contribution is 2.41. The maximum atomic E-state index is 11.1. The van der Waals surface area contributed by atoms with Crippen LogP contribution in [-0.4, -0.2) is 21.3 Å². The summed E-state index contributed by atoms with van der Waals surface area (Å²) < 4.78 is 0. The van der Waals surface area contributed by atoms with Gasteiger partial charge < -0.3 is 15.3 Å². The van der Waals surface area contributed by atoms with E-state index in [4.69, 9.17) is 5.11 Å². The molecule has 0 saturated carbocycles. The van der Waals surface area contributed by atoms with Crippen LogP contribution >= 0.6 is 0 Å². The first-order valence-corrected chi connectivity index (χ1v) is 11.3. The molecule has 4 nitrogen and oxygen atoms in total. The largest absolute Gasteiger partial charge is 0.507 e. The summed E-state index contributed by atoms with van der Waals surface area (Å²) in [5.41, 5.74) is 4.56. The van der Waals surface area contributed by atoms with E-state index in [9.17, 15) is 15.0 Å². The number of carboxylic acid groups (broad SMARTS) is 1. The Morgan fingerprint density at radius 1 is 0.688 bits per heavy atom. The minimum Gasteiger partial charge on any atom is -0.507 e. The summed E-state index contributed by atoms with van der Waals surface area (Å²) in [5.74, 6) is -0.233. The number of aryl methyl sites for hydroxylation is 1. The van der Waals surface area contributed by atoms with Gasteiger partial charge in [-0.1, -0.05) is 86.6 Å². The van der Waals surface area contributed by atoms with E-state index in [1.807, 2.05) is 45.0 Å². The number of carbonyl (C=O) groups is 1. The molecule has 0 saturated heterocycles. The topological polar surface area (TPSA) is 77.8 Å². The Bertz CT molecular complexity index is 961. The maximum absolute atomic E-state index is 11.1. The molecule has 0 aliphatic rings. The lowest BCUT2D eigenvalue weighted by molar-refractivity contribution is -0.136. The zero-order valence-corrected chi connectivity index (χ0v) is 21.2. The third-order valence-electron chi connectivity index (χ3n) is 5.86. The van der Waals surface area contributed by atoms with Gasteiger partial charge in [0.1, 0.15) is 11.5 Å². The van der Waals surface area contributed by atoms with E-state index >= 15 is 0 Å². The number of phenols is 2. The summed E-state index contributed by atoms with van der Waals surface area (Å²) in [6, 6.07) is 7.92. The first-order valence-electron chi connectivity index (χ1n) is 11.3. The van der Waals surface area contributed by atoms with Crippen molar-refractivity contribution in [3.63, 3.8) is 0 Å². The Morgan fingerprint density at radius 3 is 1.50 bits per heavy atom. The third-order valence-corrected chi connectivity index (χ3v) is 5.86. The van der Waals surface area contributed by atoms with Crippen LogP contribution in [0, 0.1) is 0 Å². The molecule has 176 valence electrons. The van der Waals surface area contributed by atoms with Crippen molar-refractivity contribution in [1.29, 1.82) is 0 Å². The first kappa shape index (κ1) is 25.8. The summed E-state index contributed by atoms with van der Waals surface area (Å²) in [5, 5.41) is 31.3. The van der Waals surface area contributed by atoms with Gasteiger partial charge in [0.15, 0.2) is 0 Å². The van der Waals surface area contributed by atoms with Crippen molar-refractivity contribution < 1.29 is 20.1 Å². The van der Waals surface area contributed by atoms with E-state index in [1.165, 1.54) is 0 Å². The Morgan fingerprint density at radius 2 is 1.09 bits per heavy atom. The standard InChI is InChI=1S/C28H40O4/c1-26(2,3)20-14-17(10-11-23(29)30)12-19(24(20)31)13-18-15-21(27(4,5)6)25(32)22(16-18)28(7,8)9/h12,14-16,31-32H,10-11,13H2,1-9H3,(H,29,30). The van der Waals surface area contributed by atoms with Crippen LogP contribution in [-0.2, 0) is 33.9 Å². The van der Waals surface area contributed by atoms with Gasteiger partial charge in [-0.3, -0.25) is 4.79 Å². The average Bonchev–Trinajstić information content (AvgIpc) is 2.60. The zero-order valence-electron chi connectivity index (χ0n) is 21.2. The van der Waals surface area contributed by atoms with Crippen molar-refractivity contribution in [3.8, 4) is 11.5 Å². The van der Waals surface area contributed by atoms with Crippen LogP contribution in [0.15, 0.2) is 24.3 Å². The quantitative estimate of drug-likeness (QED) is 0.489. The molecule has 0 aliphatic heterocycles. The number of hydrogen-bond donors (Lipinski definition) is 3. The summed E-state index contributed by atoms with van der Waals surface area (Å²) in [6.07, 6.45) is 0.972. The molecule has 0 spiro atoms. The lowest BCUT2D eigenvalue weighted by atomic mass is 9.77. The molecule has 0 atom stereocenters. The smallest absolute Gasteiger partial charge is 0.303 e. The van der Waals surface area contributed by atoms with Gasteiger partial charge in [0.2, 0.25) is 0 Å². The highest BCUT2D eigenvalue weighted by molar-refractivity contribution is 5.67. The van der Waals surface area contributed by atoms with Crippen molar-refractivity contribution in [1.82, 2.24) is 0 Å². The molecule has 0 unspecified atom stereocenters. The van der Waals surface area contributed by atoms with Gasteiger partial charge >= 0.3 is 5.97 Å². The third kappa shape index (κ3) is 6.05. The van der Waals surface area contributed by atoms with Crippen LogP contribution in [0.5, 0.6) is 11.5 Å². The molecule has 32 heavy (non-hydrogen) atoms.